The second-order valence-corrected chi connectivity index (χ2v) is 17.5. The summed E-state index contributed by atoms with van der Waals surface area (Å²) in [7, 11) is 0. The summed E-state index contributed by atoms with van der Waals surface area (Å²) in [6.45, 7) is 13.7. The molecule has 0 N–H and O–H groups in total. The summed E-state index contributed by atoms with van der Waals surface area (Å²) in [5, 5.41) is 5.21. The quantitative estimate of drug-likeness (QED) is 0.179. The fourth-order valence-corrected chi connectivity index (χ4v) is 9.61. The number of hydrogen-bond acceptors (Lipinski definition) is 1. The normalized spacial score (nSPS) is 13.7. The summed E-state index contributed by atoms with van der Waals surface area (Å²) >= 11 is 0. The van der Waals surface area contributed by atoms with Crippen molar-refractivity contribution in [1.82, 2.24) is 9.13 Å². The van der Waals surface area contributed by atoms with Crippen LogP contribution in [-0.2, 0) is 10.8 Å². The zero-order valence-corrected chi connectivity index (χ0v) is 31.8. The molecule has 2 aliphatic rings. The summed E-state index contributed by atoms with van der Waals surface area (Å²) in [6.07, 6.45) is 0. The molecule has 2 aromatic heterocycles. The second-order valence-electron chi connectivity index (χ2n) is 17.5. The molecule has 0 unspecified atom stereocenters. The van der Waals surface area contributed by atoms with Crippen molar-refractivity contribution in [1.29, 1.82) is 0 Å². The Morgan fingerprint density at radius 1 is 0.426 bits per heavy atom. The minimum atomic E-state index is 0.0607. The summed E-state index contributed by atoms with van der Waals surface area (Å²) in [5.41, 5.74) is 18.0. The number of hydrogen-bond donors (Lipinski definition) is 0. The van der Waals surface area contributed by atoms with E-state index in [0.717, 1.165) is 17.1 Å². The van der Waals surface area contributed by atoms with Gasteiger partial charge in [-0.25, -0.2) is 0 Å². The highest BCUT2D eigenvalue weighted by Crippen LogP contribution is 2.55. The van der Waals surface area contributed by atoms with Crippen molar-refractivity contribution >= 4 is 60.7 Å². The first-order valence-electron chi connectivity index (χ1n) is 19.3. The number of aromatic nitrogens is 2. The first kappa shape index (κ1) is 31.5. The Balaban J connectivity index is 1.28. The van der Waals surface area contributed by atoms with Gasteiger partial charge in [0.05, 0.1) is 39.1 Å². The standard InChI is InChI=1S/C51H43N3/c1-50(2,3)31-21-25-33(26-22-31)52(34-27-23-32(24-28-34)51(4,5)6)35-29-44-47-45(30-35)54-43-20-10-8-14-37(43)39-16-12-18-41(49(39)54)46(47)40-17-11-15-38-36-13-7-9-19-42(36)53(44)48(38)40/h7-30,46H,1-6H3. The molecule has 0 bridgehead atoms. The fourth-order valence-electron chi connectivity index (χ4n) is 9.61. The first-order valence-corrected chi connectivity index (χ1v) is 19.3. The van der Waals surface area contributed by atoms with Crippen molar-refractivity contribution in [2.24, 2.45) is 0 Å². The van der Waals surface area contributed by atoms with Crippen LogP contribution in [-0.4, -0.2) is 9.13 Å². The van der Waals surface area contributed by atoms with Gasteiger partial charge in [0.15, 0.2) is 0 Å². The second kappa shape index (κ2) is 10.8. The third-order valence-electron chi connectivity index (χ3n) is 12.2. The molecule has 0 fully saturated rings. The SMILES string of the molecule is CC(C)(C)c1ccc(N(c2ccc(C(C)(C)C)cc2)c2cc3c4c(c2)-n2c5ccccc5c5cccc(c52)C4c2cccc4c5ccccc5n-3c24)cc1. The average molecular weight is 698 g/mol. The summed E-state index contributed by atoms with van der Waals surface area (Å²) in [6, 6.07) is 55.2. The topological polar surface area (TPSA) is 13.1 Å². The van der Waals surface area contributed by atoms with Gasteiger partial charge in [-0.1, -0.05) is 139 Å². The van der Waals surface area contributed by atoms with Gasteiger partial charge in [0.1, 0.15) is 0 Å². The van der Waals surface area contributed by atoms with Crippen LogP contribution >= 0.6 is 0 Å². The van der Waals surface area contributed by atoms with E-state index in [9.17, 15) is 0 Å². The largest absolute Gasteiger partial charge is 0.310 e. The lowest BCUT2D eigenvalue weighted by Crippen LogP contribution is -2.23. The van der Waals surface area contributed by atoms with Gasteiger partial charge in [0.25, 0.3) is 0 Å². The van der Waals surface area contributed by atoms with Gasteiger partial charge in [-0.15, -0.1) is 0 Å². The summed E-state index contributed by atoms with van der Waals surface area (Å²) < 4.78 is 5.14. The van der Waals surface area contributed by atoms with Crippen LogP contribution < -0.4 is 4.90 Å². The Hall–Kier alpha value is -6.06. The van der Waals surface area contributed by atoms with Crippen molar-refractivity contribution in [3.05, 3.63) is 173 Å². The summed E-state index contributed by atoms with van der Waals surface area (Å²) in [4.78, 5) is 2.47. The monoisotopic (exact) mass is 697 g/mol. The molecule has 3 nitrogen and oxygen atoms in total. The van der Waals surface area contributed by atoms with Crippen LogP contribution in [0.2, 0.25) is 0 Å². The molecule has 262 valence electrons. The maximum absolute atomic E-state index is 2.57. The van der Waals surface area contributed by atoms with Crippen LogP contribution in [0.4, 0.5) is 17.1 Å². The zero-order valence-electron chi connectivity index (χ0n) is 31.8. The van der Waals surface area contributed by atoms with Crippen LogP contribution in [0, 0.1) is 0 Å². The van der Waals surface area contributed by atoms with Gasteiger partial charge in [0.2, 0.25) is 0 Å². The predicted octanol–water partition coefficient (Wildman–Crippen LogP) is 13.8. The lowest BCUT2D eigenvalue weighted by atomic mass is 9.78. The molecule has 0 aliphatic carbocycles. The molecular weight excluding hydrogens is 655 g/mol. The Labute approximate surface area is 316 Å². The minimum Gasteiger partial charge on any atom is -0.310 e. The fraction of sp³-hybridized carbons (Fsp3) is 0.176. The zero-order chi connectivity index (χ0) is 36.7. The average Bonchev–Trinajstić information content (AvgIpc) is 3.69. The molecule has 4 heterocycles. The molecule has 2 aliphatic heterocycles. The molecule has 0 spiro atoms. The molecule has 9 aromatic rings. The maximum atomic E-state index is 2.57. The molecule has 7 aromatic carbocycles. The van der Waals surface area contributed by atoms with E-state index in [2.05, 4.69) is 201 Å². The number of para-hydroxylation sites is 4. The highest BCUT2D eigenvalue weighted by atomic mass is 15.2. The molecule has 0 radical (unpaired) electrons. The Bertz CT molecular complexity index is 2790. The molecule has 0 amide bonds. The summed E-state index contributed by atoms with van der Waals surface area (Å²) in [5.74, 6) is 0.107. The molecule has 3 heteroatoms. The van der Waals surface area contributed by atoms with Crippen LogP contribution in [0.1, 0.15) is 75.3 Å². The van der Waals surface area contributed by atoms with Gasteiger partial charge in [-0.3, -0.25) is 0 Å². The van der Waals surface area contributed by atoms with Gasteiger partial charge < -0.3 is 14.0 Å². The Morgan fingerprint density at radius 3 is 1.26 bits per heavy atom. The van der Waals surface area contributed by atoms with E-state index >= 15 is 0 Å². The number of nitrogens with zero attached hydrogens (tertiary/aromatic N) is 3. The van der Waals surface area contributed by atoms with E-state index in [1.165, 1.54) is 82.8 Å². The first-order chi connectivity index (χ1) is 26.1. The van der Waals surface area contributed by atoms with Crippen molar-refractivity contribution < 1.29 is 0 Å². The van der Waals surface area contributed by atoms with E-state index < -0.39 is 0 Å². The van der Waals surface area contributed by atoms with Crippen molar-refractivity contribution in [2.45, 2.75) is 58.3 Å². The van der Waals surface area contributed by atoms with Crippen LogP contribution in [0.15, 0.2) is 146 Å². The van der Waals surface area contributed by atoms with Crippen molar-refractivity contribution in [3.8, 4) is 11.4 Å². The van der Waals surface area contributed by atoms with Crippen LogP contribution in [0.3, 0.4) is 0 Å². The molecular formula is C51H43N3. The predicted molar refractivity (Wildman–Crippen MR) is 228 cm³/mol. The number of benzene rings is 7. The highest BCUT2D eigenvalue weighted by molar-refractivity contribution is 6.15. The van der Waals surface area contributed by atoms with E-state index in [-0.39, 0.29) is 16.7 Å². The molecule has 0 atom stereocenters. The molecule has 0 saturated heterocycles. The van der Waals surface area contributed by atoms with Gasteiger partial charge in [-0.05, 0) is 81.6 Å². The van der Waals surface area contributed by atoms with Gasteiger partial charge >= 0.3 is 0 Å². The van der Waals surface area contributed by atoms with E-state index in [1.807, 2.05) is 0 Å². The third kappa shape index (κ3) is 4.24. The van der Waals surface area contributed by atoms with Crippen molar-refractivity contribution in [2.75, 3.05) is 4.90 Å². The lowest BCUT2D eigenvalue weighted by Gasteiger charge is -2.37. The third-order valence-corrected chi connectivity index (χ3v) is 12.2. The number of fused-ring (bicyclic) bond motifs is 10. The number of rotatable bonds is 3. The van der Waals surface area contributed by atoms with Gasteiger partial charge in [0, 0.05) is 44.4 Å². The van der Waals surface area contributed by atoms with Crippen LogP contribution in [0.5, 0.6) is 0 Å². The maximum Gasteiger partial charge on any atom is 0.0582 e. The van der Waals surface area contributed by atoms with E-state index in [0.29, 0.717) is 0 Å². The van der Waals surface area contributed by atoms with Crippen molar-refractivity contribution in [3.63, 3.8) is 0 Å². The molecule has 54 heavy (non-hydrogen) atoms. The van der Waals surface area contributed by atoms with Crippen LogP contribution in [0.25, 0.3) is 55.0 Å². The molecule has 0 saturated carbocycles. The van der Waals surface area contributed by atoms with E-state index in [4.69, 9.17) is 0 Å². The smallest absolute Gasteiger partial charge is 0.0582 e. The lowest BCUT2D eigenvalue weighted by molar-refractivity contribution is 0.590. The Kier molecular flexibility index (Phi) is 6.27. The molecule has 11 rings (SSSR count). The number of anilines is 3. The highest BCUT2D eigenvalue weighted by Gasteiger charge is 2.39. The minimum absolute atomic E-state index is 0.0607. The van der Waals surface area contributed by atoms with E-state index in [1.54, 1.807) is 0 Å². The Morgan fingerprint density at radius 2 is 0.833 bits per heavy atom. The van der Waals surface area contributed by atoms with Gasteiger partial charge in [-0.2, -0.15) is 0 Å².